The number of esters is 1. The van der Waals surface area contributed by atoms with E-state index >= 15 is 0 Å². The summed E-state index contributed by atoms with van der Waals surface area (Å²) in [5.41, 5.74) is 1.59. The zero-order chi connectivity index (χ0) is 13.1. The Bertz CT molecular complexity index is 484. The van der Waals surface area contributed by atoms with Gasteiger partial charge in [-0.15, -0.1) is 0 Å². The van der Waals surface area contributed by atoms with E-state index in [4.69, 9.17) is 4.74 Å². The van der Waals surface area contributed by atoms with Crippen molar-refractivity contribution in [3.63, 3.8) is 0 Å². The molecule has 1 aliphatic rings. The van der Waals surface area contributed by atoms with Gasteiger partial charge in [-0.3, -0.25) is 14.5 Å². The van der Waals surface area contributed by atoms with Crippen LogP contribution >= 0.6 is 0 Å². The summed E-state index contributed by atoms with van der Waals surface area (Å²) >= 11 is 0. The van der Waals surface area contributed by atoms with E-state index in [-0.39, 0.29) is 30.8 Å². The average molecular weight is 249 g/mol. The molecule has 5 nitrogen and oxygen atoms in total. The van der Waals surface area contributed by atoms with Crippen LogP contribution in [-0.2, 0) is 20.7 Å². The van der Waals surface area contributed by atoms with Crippen LogP contribution in [0.15, 0.2) is 18.2 Å². The highest BCUT2D eigenvalue weighted by Crippen LogP contribution is 2.30. The number of hydrogen-bond acceptors (Lipinski definition) is 4. The zero-order valence-corrected chi connectivity index (χ0v) is 10.2. The molecule has 0 aliphatic carbocycles. The molecule has 0 saturated heterocycles. The fraction of sp³-hybridized carbons (Fsp3) is 0.385. The fourth-order valence-electron chi connectivity index (χ4n) is 1.91. The Morgan fingerprint density at radius 1 is 1.44 bits per heavy atom. The lowest BCUT2D eigenvalue weighted by molar-refractivity contribution is -0.143. The van der Waals surface area contributed by atoms with Gasteiger partial charge in [0.05, 0.1) is 5.69 Å². The fourth-order valence-corrected chi connectivity index (χ4v) is 1.91. The molecule has 5 heteroatoms. The molecular formula is C13H15NO4. The summed E-state index contributed by atoms with van der Waals surface area (Å²) in [5, 5.41) is 9.47. The van der Waals surface area contributed by atoms with Crippen molar-refractivity contribution in [1.82, 2.24) is 0 Å². The lowest BCUT2D eigenvalue weighted by atomic mass is 10.0. The minimum Gasteiger partial charge on any atom is -0.508 e. The summed E-state index contributed by atoms with van der Waals surface area (Å²) in [5.74, 6) is -0.359. The first-order valence-electron chi connectivity index (χ1n) is 5.89. The van der Waals surface area contributed by atoms with Crippen LogP contribution in [0.3, 0.4) is 0 Å². The summed E-state index contributed by atoms with van der Waals surface area (Å²) in [4.78, 5) is 24.3. The summed E-state index contributed by atoms with van der Waals surface area (Å²) in [6, 6.07) is 4.89. The van der Waals surface area contributed by atoms with Crippen molar-refractivity contribution >= 4 is 17.6 Å². The van der Waals surface area contributed by atoms with Crippen molar-refractivity contribution in [2.45, 2.75) is 26.2 Å². The number of fused-ring (bicyclic) bond motifs is 1. The molecule has 1 aliphatic heterocycles. The number of aromatic hydroxyl groups is 1. The number of phenols is 1. The van der Waals surface area contributed by atoms with Crippen LogP contribution < -0.4 is 4.90 Å². The van der Waals surface area contributed by atoms with E-state index in [2.05, 4.69) is 0 Å². The first-order chi connectivity index (χ1) is 8.61. The van der Waals surface area contributed by atoms with Gasteiger partial charge in [0.25, 0.3) is 0 Å². The molecule has 1 heterocycles. The highest BCUT2D eigenvalue weighted by atomic mass is 16.5. The van der Waals surface area contributed by atoms with Crippen LogP contribution in [-0.4, -0.2) is 23.7 Å². The van der Waals surface area contributed by atoms with Crippen molar-refractivity contribution in [2.75, 3.05) is 11.6 Å². The maximum absolute atomic E-state index is 11.8. The number of rotatable bonds is 3. The maximum atomic E-state index is 11.8. The van der Waals surface area contributed by atoms with Gasteiger partial charge in [0.15, 0.2) is 6.73 Å². The van der Waals surface area contributed by atoms with Crippen LogP contribution in [0.2, 0.25) is 0 Å². The van der Waals surface area contributed by atoms with Crippen LogP contribution in [0.25, 0.3) is 0 Å². The molecule has 0 aromatic heterocycles. The van der Waals surface area contributed by atoms with Gasteiger partial charge >= 0.3 is 5.97 Å². The van der Waals surface area contributed by atoms with Crippen LogP contribution in [0, 0.1) is 0 Å². The molecule has 0 radical (unpaired) electrons. The molecule has 1 aromatic rings. The highest BCUT2D eigenvalue weighted by Gasteiger charge is 2.25. The Labute approximate surface area is 105 Å². The predicted octanol–water partition coefficient (Wildman–Crippen LogP) is 1.58. The van der Waals surface area contributed by atoms with E-state index in [1.165, 1.54) is 11.0 Å². The first-order valence-corrected chi connectivity index (χ1v) is 5.89. The third-order valence-corrected chi connectivity index (χ3v) is 2.91. The van der Waals surface area contributed by atoms with Gasteiger partial charge in [0, 0.05) is 18.9 Å². The topological polar surface area (TPSA) is 66.8 Å². The van der Waals surface area contributed by atoms with E-state index in [1.807, 2.05) is 0 Å². The quantitative estimate of drug-likeness (QED) is 0.826. The SMILES string of the molecule is CCC(=O)OCN1C(=O)CCc2ccc(O)cc21. The van der Waals surface area contributed by atoms with Crippen LogP contribution in [0.1, 0.15) is 25.3 Å². The van der Waals surface area contributed by atoms with Gasteiger partial charge in [-0.05, 0) is 18.1 Å². The summed E-state index contributed by atoms with van der Waals surface area (Å²) < 4.78 is 4.98. The first kappa shape index (κ1) is 12.4. The molecular weight excluding hydrogens is 234 g/mol. The molecule has 1 amide bonds. The Morgan fingerprint density at radius 2 is 2.22 bits per heavy atom. The zero-order valence-electron chi connectivity index (χ0n) is 10.2. The molecule has 96 valence electrons. The Kier molecular flexibility index (Phi) is 3.50. The monoisotopic (exact) mass is 249 g/mol. The maximum Gasteiger partial charge on any atom is 0.307 e. The minimum absolute atomic E-state index is 0.0928. The number of benzene rings is 1. The standard InChI is InChI=1S/C13H15NO4/c1-2-13(17)18-8-14-11-7-10(15)5-3-9(11)4-6-12(14)16/h3,5,7,15H,2,4,6,8H2,1H3. The lowest BCUT2D eigenvalue weighted by Gasteiger charge is -2.28. The van der Waals surface area contributed by atoms with Gasteiger partial charge in [0.2, 0.25) is 5.91 Å². The van der Waals surface area contributed by atoms with Crippen molar-refractivity contribution < 1.29 is 19.4 Å². The second-order valence-corrected chi connectivity index (χ2v) is 4.13. The number of carbonyl (C=O) groups is 2. The third-order valence-electron chi connectivity index (χ3n) is 2.91. The lowest BCUT2D eigenvalue weighted by Crippen LogP contribution is -2.37. The van der Waals surface area contributed by atoms with Gasteiger partial charge in [-0.2, -0.15) is 0 Å². The Morgan fingerprint density at radius 3 is 2.94 bits per heavy atom. The van der Waals surface area contributed by atoms with Crippen LogP contribution in [0.4, 0.5) is 5.69 Å². The number of nitrogens with zero attached hydrogens (tertiary/aromatic N) is 1. The summed E-state index contributed by atoms with van der Waals surface area (Å²) in [6.45, 7) is 1.60. The molecule has 0 unspecified atom stereocenters. The molecule has 18 heavy (non-hydrogen) atoms. The molecule has 0 bridgehead atoms. The van der Waals surface area contributed by atoms with Gasteiger partial charge in [-0.25, -0.2) is 0 Å². The third kappa shape index (κ3) is 2.45. The van der Waals surface area contributed by atoms with Gasteiger partial charge < -0.3 is 9.84 Å². The minimum atomic E-state index is -0.352. The number of ether oxygens (including phenoxy) is 1. The smallest absolute Gasteiger partial charge is 0.307 e. The molecule has 1 N–H and O–H groups in total. The second-order valence-electron chi connectivity index (χ2n) is 4.13. The normalized spacial score (nSPS) is 14.3. The van der Waals surface area contributed by atoms with Gasteiger partial charge in [-0.1, -0.05) is 13.0 Å². The molecule has 0 fully saturated rings. The Balaban J connectivity index is 2.21. The molecule has 2 rings (SSSR count). The molecule has 0 atom stereocenters. The van der Waals surface area contributed by atoms with Crippen molar-refractivity contribution in [2.24, 2.45) is 0 Å². The number of phenolic OH excluding ortho intramolecular Hbond substituents is 1. The molecule has 1 aromatic carbocycles. The number of anilines is 1. The largest absolute Gasteiger partial charge is 0.508 e. The average Bonchev–Trinajstić information content (AvgIpc) is 2.37. The summed E-state index contributed by atoms with van der Waals surface area (Å²) in [6.07, 6.45) is 1.31. The van der Waals surface area contributed by atoms with E-state index in [1.54, 1.807) is 19.1 Å². The number of carbonyl (C=O) groups excluding carboxylic acids is 2. The van der Waals surface area contributed by atoms with E-state index in [0.29, 0.717) is 18.5 Å². The van der Waals surface area contributed by atoms with Gasteiger partial charge in [0.1, 0.15) is 5.75 Å². The molecule has 0 saturated carbocycles. The Hall–Kier alpha value is -2.04. The van der Waals surface area contributed by atoms with E-state index < -0.39 is 0 Å². The predicted molar refractivity (Wildman–Crippen MR) is 65.2 cm³/mol. The number of hydrogen-bond donors (Lipinski definition) is 1. The second kappa shape index (κ2) is 5.08. The summed E-state index contributed by atoms with van der Waals surface area (Å²) in [7, 11) is 0. The van der Waals surface area contributed by atoms with E-state index in [0.717, 1.165) is 5.56 Å². The highest BCUT2D eigenvalue weighted by molar-refractivity contribution is 5.96. The van der Waals surface area contributed by atoms with E-state index in [9.17, 15) is 14.7 Å². The number of amides is 1. The molecule has 0 spiro atoms. The van der Waals surface area contributed by atoms with Crippen molar-refractivity contribution in [3.8, 4) is 5.75 Å². The van der Waals surface area contributed by atoms with Crippen LogP contribution in [0.5, 0.6) is 5.75 Å². The van der Waals surface area contributed by atoms with Crippen molar-refractivity contribution in [1.29, 1.82) is 0 Å². The number of aryl methyl sites for hydroxylation is 1. The van der Waals surface area contributed by atoms with Crippen molar-refractivity contribution in [3.05, 3.63) is 23.8 Å².